The van der Waals surface area contributed by atoms with Gasteiger partial charge in [0.05, 0.1) is 7.11 Å². The van der Waals surface area contributed by atoms with Gasteiger partial charge in [-0.1, -0.05) is 59.8 Å². The molecule has 0 aromatic heterocycles. The van der Waals surface area contributed by atoms with E-state index in [-0.39, 0.29) is 5.97 Å². The van der Waals surface area contributed by atoms with Crippen LogP contribution in [-0.4, -0.2) is 32.5 Å². The lowest BCUT2D eigenvalue weighted by atomic mass is 10.1. The summed E-state index contributed by atoms with van der Waals surface area (Å²) in [6, 6.07) is 25.3. The number of esters is 1. The summed E-state index contributed by atoms with van der Waals surface area (Å²) in [5, 5.41) is 4.07. The maximum Gasteiger partial charge on any atom is 0.305 e. The SMILES string of the molecule is CO/N=C(/COc1ccc(COc2ccc(CCC(=O)OC)cc2)cc1)c1ccccc1. The number of hydrogen-bond acceptors (Lipinski definition) is 6. The Morgan fingerprint density at radius 3 is 2.03 bits per heavy atom. The molecule has 0 spiro atoms. The van der Waals surface area contributed by atoms with E-state index in [0.29, 0.717) is 26.1 Å². The molecule has 0 N–H and O–H groups in total. The summed E-state index contributed by atoms with van der Waals surface area (Å²) in [7, 11) is 2.92. The van der Waals surface area contributed by atoms with Crippen molar-refractivity contribution in [2.24, 2.45) is 5.16 Å². The maximum absolute atomic E-state index is 11.2. The molecule has 0 aliphatic carbocycles. The first kappa shape index (κ1) is 22.9. The minimum Gasteiger partial charge on any atom is -0.489 e. The second-order valence-corrected chi connectivity index (χ2v) is 7.03. The number of carbonyl (C=O) groups is 1. The molecule has 32 heavy (non-hydrogen) atoms. The van der Waals surface area contributed by atoms with E-state index in [2.05, 4.69) is 9.89 Å². The molecular weight excluding hydrogens is 406 g/mol. The third kappa shape index (κ3) is 7.16. The Morgan fingerprint density at radius 2 is 1.41 bits per heavy atom. The lowest BCUT2D eigenvalue weighted by Gasteiger charge is -2.10. The van der Waals surface area contributed by atoms with E-state index < -0.39 is 0 Å². The van der Waals surface area contributed by atoms with Gasteiger partial charge in [0.25, 0.3) is 0 Å². The van der Waals surface area contributed by atoms with Gasteiger partial charge >= 0.3 is 5.97 Å². The molecule has 0 bridgehead atoms. The van der Waals surface area contributed by atoms with Crippen LogP contribution in [0.4, 0.5) is 0 Å². The van der Waals surface area contributed by atoms with E-state index in [9.17, 15) is 4.79 Å². The highest BCUT2D eigenvalue weighted by molar-refractivity contribution is 6.01. The summed E-state index contributed by atoms with van der Waals surface area (Å²) in [4.78, 5) is 16.2. The van der Waals surface area contributed by atoms with Crippen molar-refractivity contribution in [2.45, 2.75) is 19.4 Å². The standard InChI is InChI=1S/C26H27NO5/c1-29-26(28)17-12-20-8-13-23(14-9-20)31-18-21-10-15-24(16-11-21)32-19-25(27-30-2)22-6-4-3-5-7-22/h3-11,13-16H,12,17-19H2,1-2H3/b27-25-. The van der Waals surface area contributed by atoms with Crippen LogP contribution < -0.4 is 9.47 Å². The first-order valence-corrected chi connectivity index (χ1v) is 10.3. The normalized spacial score (nSPS) is 11.0. The minimum absolute atomic E-state index is 0.208. The van der Waals surface area contributed by atoms with Gasteiger partial charge in [0, 0.05) is 12.0 Å². The number of carbonyl (C=O) groups excluding carboxylic acids is 1. The summed E-state index contributed by atoms with van der Waals surface area (Å²) in [5.74, 6) is 1.30. The number of ether oxygens (including phenoxy) is 3. The Labute approximate surface area is 188 Å². The van der Waals surface area contributed by atoms with E-state index in [1.807, 2.05) is 78.9 Å². The van der Waals surface area contributed by atoms with Crippen LogP contribution in [0.3, 0.4) is 0 Å². The summed E-state index contributed by atoms with van der Waals surface area (Å²) < 4.78 is 16.4. The Bertz CT molecular complexity index is 999. The number of oxime groups is 1. The van der Waals surface area contributed by atoms with Crippen LogP contribution in [-0.2, 0) is 27.4 Å². The van der Waals surface area contributed by atoms with Crippen molar-refractivity contribution in [3.8, 4) is 11.5 Å². The van der Waals surface area contributed by atoms with E-state index in [1.165, 1.54) is 14.2 Å². The van der Waals surface area contributed by atoms with Crippen molar-refractivity contribution in [1.29, 1.82) is 0 Å². The van der Waals surface area contributed by atoms with E-state index in [4.69, 9.17) is 14.3 Å². The topological polar surface area (TPSA) is 66.3 Å². The molecule has 0 heterocycles. The Morgan fingerprint density at radius 1 is 0.781 bits per heavy atom. The molecule has 0 saturated heterocycles. The number of benzene rings is 3. The lowest BCUT2D eigenvalue weighted by molar-refractivity contribution is -0.140. The lowest BCUT2D eigenvalue weighted by Crippen LogP contribution is -2.13. The van der Waals surface area contributed by atoms with Gasteiger partial charge < -0.3 is 19.0 Å². The molecule has 0 unspecified atom stereocenters. The summed E-state index contributed by atoms with van der Waals surface area (Å²) in [6.45, 7) is 0.748. The summed E-state index contributed by atoms with van der Waals surface area (Å²) >= 11 is 0. The van der Waals surface area contributed by atoms with Crippen molar-refractivity contribution in [3.05, 3.63) is 95.6 Å². The van der Waals surface area contributed by atoms with Crippen LogP contribution in [0, 0.1) is 0 Å². The van der Waals surface area contributed by atoms with Gasteiger partial charge in [0.2, 0.25) is 0 Å². The molecule has 0 fully saturated rings. The van der Waals surface area contributed by atoms with Crippen molar-refractivity contribution in [3.63, 3.8) is 0 Å². The molecule has 0 aliphatic heterocycles. The predicted octanol–water partition coefficient (Wildman–Crippen LogP) is 4.80. The molecular formula is C26H27NO5. The predicted molar refractivity (Wildman–Crippen MR) is 123 cm³/mol. The van der Waals surface area contributed by atoms with E-state index >= 15 is 0 Å². The van der Waals surface area contributed by atoms with Crippen LogP contribution >= 0.6 is 0 Å². The fourth-order valence-electron chi connectivity index (χ4n) is 3.00. The first-order chi connectivity index (χ1) is 15.7. The second kappa shape index (κ2) is 12.2. The fourth-order valence-corrected chi connectivity index (χ4v) is 3.00. The monoisotopic (exact) mass is 433 g/mol. The smallest absolute Gasteiger partial charge is 0.305 e. The van der Waals surface area contributed by atoms with Crippen LogP contribution in [0.15, 0.2) is 84.0 Å². The third-order valence-corrected chi connectivity index (χ3v) is 4.78. The quantitative estimate of drug-likeness (QED) is 0.247. The van der Waals surface area contributed by atoms with Crippen LogP contribution in [0.1, 0.15) is 23.1 Å². The van der Waals surface area contributed by atoms with Crippen LogP contribution in [0.5, 0.6) is 11.5 Å². The molecule has 0 saturated carbocycles. The zero-order valence-electron chi connectivity index (χ0n) is 18.3. The van der Waals surface area contributed by atoms with Gasteiger partial charge in [-0.05, 0) is 41.8 Å². The molecule has 3 aromatic carbocycles. The van der Waals surface area contributed by atoms with Crippen LogP contribution in [0.25, 0.3) is 0 Å². The largest absolute Gasteiger partial charge is 0.489 e. The highest BCUT2D eigenvalue weighted by Crippen LogP contribution is 2.18. The zero-order valence-corrected chi connectivity index (χ0v) is 18.3. The molecule has 3 rings (SSSR count). The Hall–Kier alpha value is -3.80. The van der Waals surface area contributed by atoms with Crippen molar-refractivity contribution < 1.29 is 23.8 Å². The van der Waals surface area contributed by atoms with Crippen LogP contribution in [0.2, 0.25) is 0 Å². The summed E-state index contributed by atoms with van der Waals surface area (Å²) in [5.41, 5.74) is 3.77. The highest BCUT2D eigenvalue weighted by Gasteiger charge is 2.06. The third-order valence-electron chi connectivity index (χ3n) is 4.78. The number of nitrogens with zero attached hydrogens (tertiary/aromatic N) is 1. The average Bonchev–Trinajstić information content (AvgIpc) is 2.85. The molecule has 0 radical (unpaired) electrons. The van der Waals surface area contributed by atoms with Gasteiger partial charge in [0.15, 0.2) is 0 Å². The number of aryl methyl sites for hydroxylation is 1. The van der Waals surface area contributed by atoms with Gasteiger partial charge in [-0.15, -0.1) is 0 Å². The number of hydrogen-bond donors (Lipinski definition) is 0. The maximum atomic E-state index is 11.2. The van der Waals surface area contributed by atoms with Crippen molar-refractivity contribution in [1.82, 2.24) is 0 Å². The molecule has 0 aliphatic rings. The molecule has 0 atom stereocenters. The Kier molecular flexibility index (Phi) is 8.69. The van der Waals surface area contributed by atoms with Gasteiger partial charge in [0.1, 0.15) is 37.5 Å². The molecule has 0 amide bonds. The van der Waals surface area contributed by atoms with Gasteiger partial charge in [-0.25, -0.2) is 0 Å². The zero-order chi connectivity index (χ0) is 22.6. The van der Waals surface area contributed by atoms with Gasteiger partial charge in [-0.3, -0.25) is 4.79 Å². The minimum atomic E-state index is -0.208. The molecule has 6 heteroatoms. The van der Waals surface area contributed by atoms with Crippen molar-refractivity contribution >= 4 is 11.7 Å². The summed E-state index contributed by atoms with van der Waals surface area (Å²) in [6.07, 6.45) is 1.02. The van der Waals surface area contributed by atoms with E-state index in [1.54, 1.807) is 0 Å². The second-order valence-electron chi connectivity index (χ2n) is 7.03. The average molecular weight is 434 g/mol. The molecule has 6 nitrogen and oxygen atoms in total. The molecule has 3 aromatic rings. The van der Waals surface area contributed by atoms with E-state index in [0.717, 1.165) is 33.9 Å². The van der Waals surface area contributed by atoms with Gasteiger partial charge in [-0.2, -0.15) is 0 Å². The fraction of sp³-hybridized carbons (Fsp3) is 0.231. The first-order valence-electron chi connectivity index (χ1n) is 10.3. The van der Waals surface area contributed by atoms with Crippen molar-refractivity contribution in [2.75, 3.05) is 20.8 Å². The Balaban J connectivity index is 1.48. The highest BCUT2D eigenvalue weighted by atomic mass is 16.6. The number of rotatable bonds is 11. The molecule has 166 valence electrons. The number of methoxy groups -OCH3 is 1.